The topological polar surface area (TPSA) is 30.9 Å². The van der Waals surface area contributed by atoms with Crippen molar-refractivity contribution in [2.45, 2.75) is 6.54 Å². The van der Waals surface area contributed by atoms with E-state index in [1.54, 1.807) is 0 Å². The van der Waals surface area contributed by atoms with Crippen LogP contribution in [0, 0.1) is 0 Å². The van der Waals surface area contributed by atoms with Crippen LogP contribution in [0.5, 0.6) is 0 Å². The van der Waals surface area contributed by atoms with Gasteiger partial charge >= 0.3 is 0 Å². The Kier molecular flexibility index (Phi) is 2.65. The predicted octanol–water partition coefficient (Wildman–Crippen LogP) is 3.30. The van der Waals surface area contributed by atoms with E-state index in [9.17, 15) is 0 Å². The van der Waals surface area contributed by atoms with E-state index in [2.05, 4.69) is 60.1 Å². The minimum absolute atomic E-state index is 0.589. The molecule has 1 aromatic heterocycles. The lowest BCUT2D eigenvalue weighted by atomic mass is 10.1. The molecular weight excluding hydrogens is 220 g/mol. The number of benzene rings is 2. The molecule has 18 heavy (non-hydrogen) atoms. The van der Waals surface area contributed by atoms with Crippen LogP contribution in [0.1, 0.15) is 5.56 Å². The van der Waals surface area contributed by atoms with Crippen LogP contribution in [0.2, 0.25) is 0 Å². The van der Waals surface area contributed by atoms with Crippen LogP contribution in [-0.2, 0) is 13.6 Å². The van der Waals surface area contributed by atoms with Crippen molar-refractivity contribution in [2.75, 3.05) is 0 Å². The van der Waals surface area contributed by atoms with Crippen molar-refractivity contribution >= 4 is 10.9 Å². The standard InChI is InChI=1S/C16H16N2/c1-18-15-8-7-12(11-17)9-14(15)10-16(18)13-5-3-2-4-6-13/h2-10H,11,17H2,1H3. The van der Waals surface area contributed by atoms with Crippen molar-refractivity contribution in [3.8, 4) is 11.3 Å². The molecule has 0 aliphatic heterocycles. The smallest absolute Gasteiger partial charge is 0.0488 e. The summed E-state index contributed by atoms with van der Waals surface area (Å²) in [5, 5.41) is 1.25. The molecule has 0 aliphatic carbocycles. The largest absolute Gasteiger partial charge is 0.344 e. The van der Waals surface area contributed by atoms with Gasteiger partial charge < -0.3 is 10.3 Å². The summed E-state index contributed by atoms with van der Waals surface area (Å²) in [4.78, 5) is 0. The van der Waals surface area contributed by atoms with Gasteiger partial charge in [0, 0.05) is 30.2 Å². The Bertz CT molecular complexity index is 681. The molecule has 2 nitrogen and oxygen atoms in total. The molecule has 0 fully saturated rings. The molecule has 3 rings (SSSR count). The lowest BCUT2D eigenvalue weighted by molar-refractivity contribution is 0.977. The molecule has 0 radical (unpaired) electrons. The Morgan fingerprint density at radius 3 is 2.50 bits per heavy atom. The van der Waals surface area contributed by atoms with Gasteiger partial charge in [-0.25, -0.2) is 0 Å². The number of aromatic nitrogens is 1. The van der Waals surface area contributed by atoms with E-state index in [1.807, 2.05) is 6.07 Å². The normalized spacial score (nSPS) is 11.0. The molecule has 0 bridgehead atoms. The van der Waals surface area contributed by atoms with Crippen LogP contribution >= 0.6 is 0 Å². The molecule has 0 spiro atoms. The van der Waals surface area contributed by atoms with Crippen molar-refractivity contribution in [1.82, 2.24) is 4.57 Å². The maximum atomic E-state index is 5.69. The number of hydrogen-bond acceptors (Lipinski definition) is 1. The van der Waals surface area contributed by atoms with Crippen LogP contribution in [0.3, 0.4) is 0 Å². The molecule has 2 aromatic carbocycles. The summed E-state index contributed by atoms with van der Waals surface area (Å²) in [6.45, 7) is 0.589. The Labute approximate surface area is 107 Å². The summed E-state index contributed by atoms with van der Waals surface area (Å²) in [6.07, 6.45) is 0. The van der Waals surface area contributed by atoms with Gasteiger partial charge in [0.2, 0.25) is 0 Å². The Hall–Kier alpha value is -2.06. The second kappa shape index (κ2) is 4.31. The zero-order valence-corrected chi connectivity index (χ0v) is 10.4. The molecule has 0 aliphatic rings. The molecule has 0 unspecified atom stereocenters. The Morgan fingerprint density at radius 1 is 1.00 bits per heavy atom. The summed E-state index contributed by atoms with van der Waals surface area (Å²) in [5.74, 6) is 0. The molecule has 3 aromatic rings. The maximum Gasteiger partial charge on any atom is 0.0488 e. The van der Waals surface area contributed by atoms with Gasteiger partial charge in [0.05, 0.1) is 0 Å². The number of hydrogen-bond donors (Lipinski definition) is 1. The highest BCUT2D eigenvalue weighted by molar-refractivity contribution is 5.87. The Balaban J connectivity index is 2.23. The fourth-order valence-corrected chi connectivity index (χ4v) is 2.41. The van der Waals surface area contributed by atoms with Gasteiger partial charge in [-0.3, -0.25) is 0 Å². The fourth-order valence-electron chi connectivity index (χ4n) is 2.41. The number of fused-ring (bicyclic) bond motifs is 1. The Morgan fingerprint density at radius 2 is 1.78 bits per heavy atom. The third kappa shape index (κ3) is 1.71. The van der Waals surface area contributed by atoms with Gasteiger partial charge in [0.25, 0.3) is 0 Å². The van der Waals surface area contributed by atoms with E-state index in [0.717, 1.165) is 0 Å². The van der Waals surface area contributed by atoms with Crippen molar-refractivity contribution < 1.29 is 0 Å². The van der Waals surface area contributed by atoms with E-state index >= 15 is 0 Å². The van der Waals surface area contributed by atoms with Gasteiger partial charge in [-0.2, -0.15) is 0 Å². The first-order valence-corrected chi connectivity index (χ1v) is 6.13. The van der Waals surface area contributed by atoms with Crippen molar-refractivity contribution in [3.05, 3.63) is 60.2 Å². The van der Waals surface area contributed by atoms with Crippen LogP contribution < -0.4 is 5.73 Å². The zero-order valence-electron chi connectivity index (χ0n) is 10.4. The monoisotopic (exact) mass is 236 g/mol. The average molecular weight is 236 g/mol. The van der Waals surface area contributed by atoms with Crippen molar-refractivity contribution in [2.24, 2.45) is 12.8 Å². The van der Waals surface area contributed by atoms with Crippen molar-refractivity contribution in [1.29, 1.82) is 0 Å². The summed E-state index contributed by atoms with van der Waals surface area (Å²) in [7, 11) is 2.10. The molecule has 2 N–H and O–H groups in total. The maximum absolute atomic E-state index is 5.69. The van der Waals surface area contributed by atoms with E-state index in [-0.39, 0.29) is 0 Å². The van der Waals surface area contributed by atoms with E-state index in [4.69, 9.17) is 5.73 Å². The summed E-state index contributed by atoms with van der Waals surface area (Å²) < 4.78 is 2.23. The van der Waals surface area contributed by atoms with Crippen LogP contribution in [0.25, 0.3) is 22.2 Å². The first kappa shape index (κ1) is 11.1. The molecule has 0 atom stereocenters. The van der Waals surface area contributed by atoms with Gasteiger partial charge in [0.15, 0.2) is 0 Å². The average Bonchev–Trinajstić information content (AvgIpc) is 2.76. The SMILES string of the molecule is Cn1c(-c2ccccc2)cc2cc(CN)ccc21. The summed E-state index contributed by atoms with van der Waals surface area (Å²) in [5.41, 5.74) is 10.6. The first-order valence-electron chi connectivity index (χ1n) is 6.13. The fraction of sp³-hybridized carbons (Fsp3) is 0.125. The van der Waals surface area contributed by atoms with E-state index in [0.29, 0.717) is 6.54 Å². The highest BCUT2D eigenvalue weighted by Gasteiger charge is 2.07. The van der Waals surface area contributed by atoms with Crippen LogP contribution in [0.4, 0.5) is 0 Å². The quantitative estimate of drug-likeness (QED) is 0.727. The van der Waals surface area contributed by atoms with Crippen molar-refractivity contribution in [3.63, 3.8) is 0 Å². The number of rotatable bonds is 2. The van der Waals surface area contributed by atoms with E-state index < -0.39 is 0 Å². The number of aryl methyl sites for hydroxylation is 1. The number of nitrogens with zero attached hydrogens (tertiary/aromatic N) is 1. The van der Waals surface area contributed by atoms with Gasteiger partial charge in [-0.05, 0) is 29.3 Å². The minimum Gasteiger partial charge on any atom is -0.344 e. The number of nitrogens with two attached hydrogens (primary N) is 1. The molecule has 1 heterocycles. The van der Waals surface area contributed by atoms with Crippen LogP contribution in [-0.4, -0.2) is 4.57 Å². The second-order valence-electron chi connectivity index (χ2n) is 4.55. The lowest BCUT2D eigenvalue weighted by Gasteiger charge is -2.04. The van der Waals surface area contributed by atoms with Gasteiger partial charge in [0.1, 0.15) is 0 Å². The molecule has 0 amide bonds. The molecule has 0 saturated heterocycles. The van der Waals surface area contributed by atoms with E-state index in [1.165, 1.54) is 27.7 Å². The summed E-state index contributed by atoms with van der Waals surface area (Å²) >= 11 is 0. The highest BCUT2D eigenvalue weighted by atomic mass is 14.9. The predicted molar refractivity (Wildman–Crippen MR) is 76.2 cm³/mol. The lowest BCUT2D eigenvalue weighted by Crippen LogP contribution is -1.95. The van der Waals surface area contributed by atoms with Crippen LogP contribution in [0.15, 0.2) is 54.6 Å². The third-order valence-corrected chi connectivity index (χ3v) is 3.41. The highest BCUT2D eigenvalue weighted by Crippen LogP contribution is 2.27. The summed E-state index contributed by atoms with van der Waals surface area (Å²) in [6, 6.07) is 19.1. The first-order chi connectivity index (χ1) is 8.79. The third-order valence-electron chi connectivity index (χ3n) is 3.41. The molecule has 90 valence electrons. The van der Waals surface area contributed by atoms with Gasteiger partial charge in [-0.1, -0.05) is 36.4 Å². The molecular formula is C16H16N2. The molecule has 2 heteroatoms. The van der Waals surface area contributed by atoms with Gasteiger partial charge in [-0.15, -0.1) is 0 Å². The minimum atomic E-state index is 0.589. The second-order valence-corrected chi connectivity index (χ2v) is 4.55. The zero-order chi connectivity index (χ0) is 12.5. The molecule has 0 saturated carbocycles.